The fourth-order valence-corrected chi connectivity index (χ4v) is 6.67. The van der Waals surface area contributed by atoms with Gasteiger partial charge in [-0.2, -0.15) is 0 Å². The van der Waals surface area contributed by atoms with Crippen LogP contribution >= 0.6 is 35.1 Å². The quantitative estimate of drug-likeness (QED) is 0.718. The van der Waals surface area contributed by atoms with Gasteiger partial charge in [0.2, 0.25) is 0 Å². The highest BCUT2D eigenvalue weighted by atomic mass is 35.5. The fraction of sp³-hybridized carbons (Fsp3) is 0.471. The van der Waals surface area contributed by atoms with E-state index in [1.54, 1.807) is 0 Å². The highest BCUT2D eigenvalue weighted by Gasteiger charge is 2.40. The van der Waals surface area contributed by atoms with E-state index in [0.717, 1.165) is 23.2 Å². The van der Waals surface area contributed by atoms with Crippen LogP contribution in [0.2, 0.25) is 5.02 Å². The van der Waals surface area contributed by atoms with Crippen LogP contribution < -0.4 is 0 Å². The lowest BCUT2D eigenvalue weighted by Crippen LogP contribution is -2.25. The molecule has 2 nitrogen and oxygen atoms in total. The van der Waals surface area contributed by atoms with Gasteiger partial charge >= 0.3 is 0 Å². The molecular formula is C17H21ClN2S2. The molecule has 22 heavy (non-hydrogen) atoms. The molecule has 118 valence electrons. The van der Waals surface area contributed by atoms with Crippen LogP contribution in [-0.4, -0.2) is 24.6 Å². The largest absolute Gasteiger partial charge is 0.335 e. The van der Waals surface area contributed by atoms with Gasteiger partial charge in [0.15, 0.2) is 0 Å². The fourth-order valence-electron chi connectivity index (χ4n) is 2.76. The molecule has 0 bridgehead atoms. The summed E-state index contributed by atoms with van der Waals surface area (Å²) in [5.41, 5.74) is 1.37. The summed E-state index contributed by atoms with van der Waals surface area (Å²) in [6, 6.07) is 8.27. The summed E-state index contributed by atoms with van der Waals surface area (Å²) in [6.07, 6.45) is 9.41. The smallest absolute Gasteiger partial charge is 0.0946 e. The lowest BCUT2D eigenvalue weighted by atomic mass is 10.1. The van der Waals surface area contributed by atoms with Gasteiger partial charge in [-0.3, -0.25) is 0 Å². The van der Waals surface area contributed by atoms with E-state index in [1.165, 1.54) is 24.2 Å². The minimum atomic E-state index is 0.265. The number of aryl methyl sites for hydroxylation is 1. The van der Waals surface area contributed by atoms with Crippen molar-refractivity contribution in [2.45, 2.75) is 42.1 Å². The lowest BCUT2D eigenvalue weighted by Gasteiger charge is -2.28. The molecule has 2 atom stereocenters. The van der Waals surface area contributed by atoms with Gasteiger partial charge in [-0.15, -0.1) is 23.5 Å². The number of benzene rings is 1. The van der Waals surface area contributed by atoms with Gasteiger partial charge < -0.3 is 4.57 Å². The van der Waals surface area contributed by atoms with Crippen LogP contribution in [0.4, 0.5) is 0 Å². The van der Waals surface area contributed by atoms with E-state index in [4.69, 9.17) is 11.6 Å². The predicted octanol–water partition coefficient (Wildman–Crippen LogP) is 5.12. The number of hydrogen-bond donors (Lipinski definition) is 0. The van der Waals surface area contributed by atoms with E-state index in [0.29, 0.717) is 0 Å². The summed E-state index contributed by atoms with van der Waals surface area (Å²) >= 11 is 10.3. The normalized spacial score (nSPS) is 24.7. The second-order valence-corrected chi connectivity index (χ2v) is 9.51. The van der Waals surface area contributed by atoms with Crippen LogP contribution in [0, 0.1) is 0 Å². The molecule has 0 amide bonds. The van der Waals surface area contributed by atoms with E-state index >= 15 is 0 Å². The van der Waals surface area contributed by atoms with Crippen molar-refractivity contribution in [1.29, 1.82) is 0 Å². The summed E-state index contributed by atoms with van der Waals surface area (Å²) in [5.74, 6) is 1.26. The molecular weight excluding hydrogens is 332 g/mol. The second kappa shape index (κ2) is 7.33. The van der Waals surface area contributed by atoms with Crippen molar-refractivity contribution in [3.8, 4) is 0 Å². The van der Waals surface area contributed by atoms with E-state index in [2.05, 4.69) is 58.3 Å². The SMILES string of the molecule is CCC1CSC(CCc2ccc(Cl)cc2)(Cn2ccnc2)S1. The maximum atomic E-state index is 5.98. The Hall–Kier alpha value is -0.580. The van der Waals surface area contributed by atoms with Crippen LogP contribution in [0.5, 0.6) is 0 Å². The summed E-state index contributed by atoms with van der Waals surface area (Å²) in [6.45, 7) is 3.33. The number of rotatable bonds is 6. The summed E-state index contributed by atoms with van der Waals surface area (Å²) in [5, 5.41) is 1.59. The maximum absolute atomic E-state index is 5.98. The van der Waals surface area contributed by atoms with Crippen molar-refractivity contribution >= 4 is 35.1 Å². The Labute approximate surface area is 146 Å². The number of hydrogen-bond acceptors (Lipinski definition) is 3. The van der Waals surface area contributed by atoms with Crippen molar-refractivity contribution in [3.05, 3.63) is 53.6 Å². The molecule has 1 aliphatic rings. The number of thioether (sulfide) groups is 2. The zero-order chi connectivity index (χ0) is 15.4. The van der Waals surface area contributed by atoms with Gasteiger partial charge in [0, 0.05) is 35.0 Å². The summed E-state index contributed by atoms with van der Waals surface area (Å²) < 4.78 is 2.49. The summed E-state index contributed by atoms with van der Waals surface area (Å²) in [4.78, 5) is 4.19. The third kappa shape index (κ3) is 4.03. The van der Waals surface area contributed by atoms with Crippen molar-refractivity contribution in [1.82, 2.24) is 9.55 Å². The number of halogens is 1. The molecule has 3 rings (SSSR count). The van der Waals surface area contributed by atoms with Gasteiger partial charge in [-0.1, -0.05) is 30.7 Å². The average Bonchev–Trinajstić information content (AvgIpc) is 3.17. The highest BCUT2D eigenvalue weighted by Crippen LogP contribution is 2.52. The van der Waals surface area contributed by atoms with Gasteiger partial charge in [-0.05, 0) is 37.0 Å². The molecule has 0 spiro atoms. The van der Waals surface area contributed by atoms with E-state index in [1.807, 2.05) is 24.7 Å². The number of nitrogens with zero attached hydrogens (tertiary/aromatic N) is 2. The molecule has 0 aliphatic carbocycles. The van der Waals surface area contributed by atoms with E-state index in [-0.39, 0.29) is 4.08 Å². The standard InChI is InChI=1S/C17H21ClN2S2/c1-2-16-11-21-17(22-16,12-20-10-9-19-13-20)8-7-14-3-5-15(18)6-4-14/h3-6,9-10,13,16H,2,7-8,11-12H2,1H3. The van der Waals surface area contributed by atoms with Crippen LogP contribution in [0.3, 0.4) is 0 Å². The van der Waals surface area contributed by atoms with E-state index < -0.39 is 0 Å². The first-order valence-corrected chi connectivity index (χ1v) is 9.95. The van der Waals surface area contributed by atoms with Gasteiger partial charge in [0.05, 0.1) is 10.4 Å². The monoisotopic (exact) mass is 352 g/mol. The molecule has 1 saturated heterocycles. The molecule has 2 aromatic rings. The molecule has 1 aromatic heterocycles. The summed E-state index contributed by atoms with van der Waals surface area (Å²) in [7, 11) is 0. The second-order valence-electron chi connectivity index (χ2n) is 5.73. The predicted molar refractivity (Wildman–Crippen MR) is 98.9 cm³/mol. The van der Waals surface area contributed by atoms with Gasteiger partial charge in [-0.25, -0.2) is 4.98 Å². The molecule has 1 aromatic carbocycles. The Balaban J connectivity index is 1.70. The number of imidazole rings is 1. The minimum Gasteiger partial charge on any atom is -0.335 e. The van der Waals surface area contributed by atoms with Crippen LogP contribution in [-0.2, 0) is 13.0 Å². The molecule has 2 heterocycles. The third-order valence-electron chi connectivity index (χ3n) is 4.06. The Bertz CT molecular complexity index is 585. The first kappa shape index (κ1) is 16.3. The maximum Gasteiger partial charge on any atom is 0.0946 e. The van der Waals surface area contributed by atoms with Crippen LogP contribution in [0.1, 0.15) is 25.3 Å². The molecule has 5 heteroatoms. The number of aromatic nitrogens is 2. The molecule has 0 radical (unpaired) electrons. The topological polar surface area (TPSA) is 17.8 Å². The van der Waals surface area contributed by atoms with Crippen molar-refractivity contribution < 1.29 is 0 Å². The Kier molecular flexibility index (Phi) is 5.42. The van der Waals surface area contributed by atoms with Gasteiger partial charge in [0.25, 0.3) is 0 Å². The van der Waals surface area contributed by atoms with Crippen LogP contribution in [0.25, 0.3) is 0 Å². The molecule has 0 N–H and O–H groups in total. The van der Waals surface area contributed by atoms with Crippen molar-refractivity contribution in [2.24, 2.45) is 0 Å². The van der Waals surface area contributed by atoms with Gasteiger partial charge in [0.1, 0.15) is 0 Å². The lowest BCUT2D eigenvalue weighted by molar-refractivity contribution is 0.592. The zero-order valence-corrected chi connectivity index (χ0v) is 15.1. The molecule has 1 aliphatic heterocycles. The van der Waals surface area contributed by atoms with E-state index in [9.17, 15) is 0 Å². The Morgan fingerprint density at radius 2 is 2.18 bits per heavy atom. The molecule has 0 saturated carbocycles. The Morgan fingerprint density at radius 3 is 2.82 bits per heavy atom. The first-order valence-electron chi connectivity index (χ1n) is 7.71. The average molecular weight is 353 g/mol. The molecule has 2 unspecified atom stereocenters. The van der Waals surface area contributed by atoms with Crippen molar-refractivity contribution in [2.75, 3.05) is 5.75 Å². The third-order valence-corrected chi connectivity index (χ3v) is 8.19. The first-order chi connectivity index (χ1) is 10.7. The molecule has 1 fully saturated rings. The van der Waals surface area contributed by atoms with Crippen molar-refractivity contribution in [3.63, 3.8) is 0 Å². The zero-order valence-electron chi connectivity index (χ0n) is 12.7. The van der Waals surface area contributed by atoms with Crippen LogP contribution in [0.15, 0.2) is 43.0 Å². The highest BCUT2D eigenvalue weighted by molar-refractivity contribution is 8.21. The minimum absolute atomic E-state index is 0.265. The Morgan fingerprint density at radius 1 is 1.36 bits per heavy atom.